The van der Waals surface area contributed by atoms with Gasteiger partial charge in [0.05, 0.1) is 11.3 Å². The fraction of sp³-hybridized carbons (Fsp3) is 0.259. The molecule has 1 amide bonds. The first-order chi connectivity index (χ1) is 16.5. The van der Waals surface area contributed by atoms with E-state index in [1.165, 1.54) is 12.1 Å². The van der Waals surface area contributed by atoms with Gasteiger partial charge in [0.2, 0.25) is 0 Å². The van der Waals surface area contributed by atoms with Crippen molar-refractivity contribution >= 4 is 5.91 Å². The number of halogens is 1. The summed E-state index contributed by atoms with van der Waals surface area (Å²) >= 11 is 0. The number of furan rings is 1. The topological polar surface area (TPSA) is 69.3 Å². The molecule has 0 aliphatic carbocycles. The average molecular weight is 460 g/mol. The van der Waals surface area contributed by atoms with E-state index in [9.17, 15) is 9.18 Å². The summed E-state index contributed by atoms with van der Waals surface area (Å²) in [6.07, 6.45) is 3.21. The van der Waals surface area contributed by atoms with Crippen molar-refractivity contribution in [2.24, 2.45) is 0 Å². The maximum Gasteiger partial charge on any atom is 0.255 e. The predicted octanol–water partition coefficient (Wildman–Crippen LogP) is 5.06. The van der Waals surface area contributed by atoms with Gasteiger partial charge < -0.3 is 14.5 Å². The fourth-order valence-corrected chi connectivity index (χ4v) is 4.47. The second-order valence-electron chi connectivity index (χ2n) is 8.66. The highest BCUT2D eigenvalue weighted by molar-refractivity contribution is 5.99. The Morgan fingerprint density at radius 1 is 1.06 bits per heavy atom. The van der Waals surface area contributed by atoms with Crippen molar-refractivity contribution in [3.63, 3.8) is 0 Å². The number of nitrogens with zero attached hydrogens (tertiary/aromatic N) is 2. The number of para-hydroxylation sites is 1. The van der Waals surface area contributed by atoms with Crippen LogP contribution in [0.3, 0.4) is 0 Å². The summed E-state index contributed by atoms with van der Waals surface area (Å²) < 4.78 is 26.6. The number of hydrogen-bond acceptors (Lipinski definition) is 4. The van der Waals surface area contributed by atoms with Crippen LogP contribution in [-0.4, -0.2) is 35.4 Å². The molecule has 2 aromatic heterocycles. The third kappa shape index (κ3) is 4.39. The first-order valence-electron chi connectivity index (χ1n) is 11.4. The van der Waals surface area contributed by atoms with Crippen LogP contribution in [0.2, 0.25) is 0 Å². The van der Waals surface area contributed by atoms with Gasteiger partial charge in [-0.25, -0.2) is 9.07 Å². The van der Waals surface area contributed by atoms with Gasteiger partial charge >= 0.3 is 0 Å². The summed E-state index contributed by atoms with van der Waals surface area (Å²) in [7, 11) is 0. The molecule has 5 rings (SSSR count). The van der Waals surface area contributed by atoms with Crippen LogP contribution in [0.5, 0.6) is 0 Å². The first kappa shape index (κ1) is 22.1. The van der Waals surface area contributed by atoms with Crippen LogP contribution in [0.25, 0.3) is 17.1 Å². The molecule has 6 nitrogen and oxygen atoms in total. The lowest BCUT2D eigenvalue weighted by Crippen LogP contribution is -2.44. The Morgan fingerprint density at radius 2 is 1.79 bits per heavy atom. The number of nitrogens with one attached hydrogen (secondary N) is 1. The molecule has 0 radical (unpaired) electrons. The molecule has 0 saturated carbocycles. The first-order valence-corrected chi connectivity index (χ1v) is 11.4. The standard InChI is InChI=1S/C27H26FN3O3/c1-19-7-12-24(34-19)25-23(17-31(30-25)22-5-3-2-4-6-22)26(32)29-18-27(13-15-33-16-14-27)20-8-10-21(28)11-9-20/h2-12,17H,13-16,18H2,1H3,(H,29,32). The van der Waals surface area contributed by atoms with E-state index in [4.69, 9.17) is 9.15 Å². The second-order valence-corrected chi connectivity index (χ2v) is 8.66. The Balaban J connectivity index is 1.45. The minimum absolute atomic E-state index is 0.237. The van der Waals surface area contributed by atoms with E-state index in [-0.39, 0.29) is 17.1 Å². The largest absolute Gasteiger partial charge is 0.460 e. The van der Waals surface area contributed by atoms with Crippen molar-refractivity contribution in [2.45, 2.75) is 25.2 Å². The molecule has 0 atom stereocenters. The molecule has 174 valence electrons. The molecule has 0 bridgehead atoms. The van der Waals surface area contributed by atoms with Crippen molar-refractivity contribution in [3.8, 4) is 17.1 Å². The molecule has 7 heteroatoms. The summed E-state index contributed by atoms with van der Waals surface area (Å²) in [5, 5.41) is 7.79. The van der Waals surface area contributed by atoms with E-state index < -0.39 is 0 Å². The Kier molecular flexibility index (Phi) is 6.02. The van der Waals surface area contributed by atoms with Crippen molar-refractivity contribution in [3.05, 3.63) is 95.6 Å². The van der Waals surface area contributed by atoms with Gasteiger partial charge in [-0.2, -0.15) is 5.10 Å². The maximum atomic E-state index is 13.6. The molecule has 1 aliphatic rings. The van der Waals surface area contributed by atoms with Crippen molar-refractivity contribution in [1.29, 1.82) is 0 Å². The fourth-order valence-electron chi connectivity index (χ4n) is 4.47. The highest BCUT2D eigenvalue weighted by Gasteiger charge is 2.35. The summed E-state index contributed by atoms with van der Waals surface area (Å²) in [4.78, 5) is 13.5. The lowest BCUT2D eigenvalue weighted by Gasteiger charge is -2.38. The summed E-state index contributed by atoms with van der Waals surface area (Å²) in [5.74, 6) is 0.769. The highest BCUT2D eigenvalue weighted by atomic mass is 19.1. The number of benzene rings is 2. The third-order valence-electron chi connectivity index (χ3n) is 6.45. The zero-order valence-corrected chi connectivity index (χ0v) is 19.0. The number of aryl methyl sites for hydroxylation is 1. The van der Waals surface area contributed by atoms with E-state index in [2.05, 4.69) is 10.4 Å². The zero-order chi connectivity index (χ0) is 23.5. The Bertz CT molecular complexity index is 1270. The summed E-state index contributed by atoms with van der Waals surface area (Å²) in [5.41, 5.74) is 2.44. The number of carbonyl (C=O) groups excluding carboxylic acids is 1. The lowest BCUT2D eigenvalue weighted by molar-refractivity contribution is 0.0487. The number of hydrogen-bond donors (Lipinski definition) is 1. The number of aromatic nitrogens is 2. The molecule has 2 aromatic carbocycles. The second kappa shape index (κ2) is 9.27. The van der Waals surface area contributed by atoms with Crippen LogP contribution in [-0.2, 0) is 10.2 Å². The highest BCUT2D eigenvalue weighted by Crippen LogP contribution is 2.35. The average Bonchev–Trinajstić information content (AvgIpc) is 3.51. The molecule has 0 spiro atoms. The SMILES string of the molecule is Cc1ccc(-c2nn(-c3ccccc3)cc2C(=O)NCC2(c3ccc(F)cc3)CCOCC2)o1. The van der Waals surface area contributed by atoms with E-state index >= 15 is 0 Å². The van der Waals surface area contributed by atoms with Crippen molar-refractivity contribution in [2.75, 3.05) is 19.8 Å². The van der Waals surface area contributed by atoms with Crippen LogP contribution in [0, 0.1) is 12.7 Å². The third-order valence-corrected chi connectivity index (χ3v) is 6.45. The molecule has 4 aromatic rings. The minimum Gasteiger partial charge on any atom is -0.460 e. The molecule has 1 fully saturated rings. The molecule has 3 heterocycles. The number of ether oxygens (including phenoxy) is 1. The van der Waals surface area contributed by atoms with Crippen LogP contribution in [0.1, 0.15) is 34.5 Å². The smallest absolute Gasteiger partial charge is 0.255 e. The van der Waals surface area contributed by atoms with Crippen LogP contribution >= 0.6 is 0 Å². The van der Waals surface area contributed by atoms with Gasteiger partial charge in [0.1, 0.15) is 17.3 Å². The van der Waals surface area contributed by atoms with Crippen LogP contribution < -0.4 is 5.32 Å². The number of amides is 1. The Hall–Kier alpha value is -3.71. The van der Waals surface area contributed by atoms with Crippen molar-refractivity contribution in [1.82, 2.24) is 15.1 Å². The van der Waals surface area contributed by atoms with Gasteiger partial charge in [-0.15, -0.1) is 0 Å². The summed E-state index contributed by atoms with van der Waals surface area (Å²) in [6.45, 7) is 3.45. The quantitative estimate of drug-likeness (QED) is 0.438. The Morgan fingerprint density at radius 3 is 2.47 bits per heavy atom. The maximum absolute atomic E-state index is 13.6. The normalized spacial score (nSPS) is 15.2. The molecule has 0 unspecified atom stereocenters. The van der Waals surface area contributed by atoms with E-state index in [0.717, 1.165) is 29.9 Å². The van der Waals surface area contributed by atoms with Crippen molar-refractivity contribution < 1.29 is 18.3 Å². The lowest BCUT2D eigenvalue weighted by atomic mass is 9.74. The molecule has 34 heavy (non-hydrogen) atoms. The van der Waals surface area contributed by atoms with Crippen LogP contribution in [0.4, 0.5) is 4.39 Å². The molecule has 1 saturated heterocycles. The number of carbonyl (C=O) groups is 1. The van der Waals surface area contributed by atoms with E-state index in [0.29, 0.717) is 36.8 Å². The predicted molar refractivity (Wildman–Crippen MR) is 126 cm³/mol. The molecule has 1 N–H and O–H groups in total. The zero-order valence-electron chi connectivity index (χ0n) is 19.0. The van der Waals surface area contributed by atoms with E-state index in [1.54, 1.807) is 23.0 Å². The van der Waals surface area contributed by atoms with Gasteiger partial charge in [0, 0.05) is 31.4 Å². The van der Waals surface area contributed by atoms with E-state index in [1.807, 2.05) is 49.4 Å². The molecule has 1 aliphatic heterocycles. The van der Waals surface area contributed by atoms with Crippen LogP contribution in [0.15, 0.2) is 77.3 Å². The van der Waals surface area contributed by atoms with Gasteiger partial charge in [-0.1, -0.05) is 30.3 Å². The minimum atomic E-state index is -0.321. The van der Waals surface area contributed by atoms with Gasteiger partial charge in [0.15, 0.2) is 5.76 Å². The monoisotopic (exact) mass is 459 g/mol. The number of rotatable bonds is 6. The summed E-state index contributed by atoms with van der Waals surface area (Å²) in [6, 6.07) is 19.8. The Labute approximate surface area is 197 Å². The van der Waals surface area contributed by atoms with Gasteiger partial charge in [-0.05, 0) is 61.7 Å². The molecular formula is C27H26FN3O3. The van der Waals surface area contributed by atoms with Gasteiger partial charge in [0.25, 0.3) is 5.91 Å². The van der Waals surface area contributed by atoms with Gasteiger partial charge in [-0.3, -0.25) is 4.79 Å². The molecular weight excluding hydrogens is 433 g/mol.